The van der Waals surface area contributed by atoms with Crippen LogP contribution in [0.4, 0.5) is 0 Å². The van der Waals surface area contributed by atoms with Gasteiger partial charge in [-0.3, -0.25) is 4.79 Å². The highest BCUT2D eigenvalue weighted by Gasteiger charge is 2.23. The predicted molar refractivity (Wildman–Crippen MR) is 107 cm³/mol. The second-order valence-electron chi connectivity index (χ2n) is 7.51. The normalized spacial score (nSPS) is 13.6. The van der Waals surface area contributed by atoms with Crippen molar-refractivity contribution in [2.45, 2.75) is 46.5 Å². The van der Waals surface area contributed by atoms with Gasteiger partial charge in [0.15, 0.2) is 5.78 Å². The Morgan fingerprint density at radius 2 is 1.60 bits per heavy atom. The van der Waals surface area contributed by atoms with Crippen LogP contribution < -0.4 is 0 Å². The average Bonchev–Trinajstić information content (AvgIpc) is 2.58. The van der Waals surface area contributed by atoms with E-state index in [9.17, 15) is 4.79 Å². The Morgan fingerprint density at radius 1 is 1.00 bits per heavy atom. The Kier molecular flexibility index (Phi) is 6.61. The third-order valence-corrected chi connectivity index (χ3v) is 4.90. The Labute approximate surface area is 156 Å². The van der Waals surface area contributed by atoms with E-state index < -0.39 is 0 Å². The topological polar surface area (TPSA) is 17.1 Å². The van der Waals surface area contributed by atoms with E-state index in [1.165, 1.54) is 5.57 Å². The Hall–Kier alpha value is -1.86. The minimum absolute atomic E-state index is 0.0925. The Morgan fingerprint density at radius 3 is 2.12 bits per heavy atom. The molecular formula is C23H27ClO. The fourth-order valence-corrected chi connectivity index (χ4v) is 3.26. The molecule has 0 heterocycles. The Bertz CT molecular complexity index is 721. The smallest absolute Gasteiger partial charge is 0.163 e. The van der Waals surface area contributed by atoms with E-state index in [-0.39, 0.29) is 17.1 Å². The number of hydrogen-bond donors (Lipinski definition) is 0. The average molecular weight is 355 g/mol. The maximum atomic E-state index is 12.8. The number of rotatable bonds is 6. The van der Waals surface area contributed by atoms with Crippen LogP contribution in [-0.4, -0.2) is 5.78 Å². The minimum Gasteiger partial charge on any atom is -0.294 e. The van der Waals surface area contributed by atoms with Gasteiger partial charge < -0.3 is 0 Å². The van der Waals surface area contributed by atoms with Crippen molar-refractivity contribution in [1.29, 1.82) is 0 Å². The molecule has 0 saturated carbocycles. The molecule has 25 heavy (non-hydrogen) atoms. The largest absolute Gasteiger partial charge is 0.294 e. The first kappa shape index (κ1) is 19.5. The molecule has 0 N–H and O–H groups in total. The summed E-state index contributed by atoms with van der Waals surface area (Å²) >= 11 is 6.05. The molecule has 0 amide bonds. The molecule has 132 valence electrons. The van der Waals surface area contributed by atoms with Gasteiger partial charge in [-0.05, 0) is 42.4 Å². The third-order valence-electron chi connectivity index (χ3n) is 4.65. The summed E-state index contributed by atoms with van der Waals surface area (Å²) in [5, 5.41) is 0.721. The van der Waals surface area contributed by atoms with Gasteiger partial charge >= 0.3 is 0 Å². The first-order chi connectivity index (χ1) is 11.8. The maximum absolute atomic E-state index is 12.8. The molecule has 1 atom stereocenters. The molecule has 2 aromatic rings. The fourth-order valence-electron chi connectivity index (χ4n) is 3.13. The molecule has 0 aromatic heterocycles. The van der Waals surface area contributed by atoms with Crippen LogP contribution in [0.15, 0.2) is 66.2 Å². The van der Waals surface area contributed by atoms with Crippen molar-refractivity contribution in [3.63, 3.8) is 0 Å². The van der Waals surface area contributed by atoms with Crippen molar-refractivity contribution in [2.75, 3.05) is 0 Å². The van der Waals surface area contributed by atoms with Crippen molar-refractivity contribution in [2.24, 2.45) is 5.41 Å². The van der Waals surface area contributed by atoms with Gasteiger partial charge in [-0.25, -0.2) is 0 Å². The van der Waals surface area contributed by atoms with Gasteiger partial charge in [0.1, 0.15) is 0 Å². The van der Waals surface area contributed by atoms with Crippen LogP contribution in [-0.2, 0) is 0 Å². The molecule has 0 spiro atoms. The lowest BCUT2D eigenvalue weighted by atomic mass is 9.77. The van der Waals surface area contributed by atoms with Gasteiger partial charge in [0.25, 0.3) is 0 Å². The quantitative estimate of drug-likeness (QED) is 0.400. The summed E-state index contributed by atoms with van der Waals surface area (Å²) in [6, 6.07) is 17.4. The number of halogens is 1. The van der Waals surface area contributed by atoms with Crippen LogP contribution in [0.3, 0.4) is 0 Å². The number of allylic oxidation sites excluding steroid dienone is 2. The van der Waals surface area contributed by atoms with E-state index >= 15 is 0 Å². The van der Waals surface area contributed by atoms with E-state index in [1.807, 2.05) is 54.6 Å². The van der Waals surface area contributed by atoms with Gasteiger partial charge in [-0.1, -0.05) is 86.5 Å². The van der Waals surface area contributed by atoms with Crippen LogP contribution in [0.1, 0.15) is 62.4 Å². The summed E-state index contributed by atoms with van der Waals surface area (Å²) in [5.74, 6) is 0.334. The first-order valence-electron chi connectivity index (χ1n) is 8.80. The highest BCUT2D eigenvalue weighted by Crippen LogP contribution is 2.36. The van der Waals surface area contributed by atoms with Gasteiger partial charge in [0.2, 0.25) is 0 Å². The lowest BCUT2D eigenvalue weighted by Gasteiger charge is -2.27. The zero-order valence-corrected chi connectivity index (χ0v) is 16.3. The lowest BCUT2D eigenvalue weighted by molar-refractivity contribution is 0.0972. The molecule has 2 heteroatoms. The van der Waals surface area contributed by atoms with Crippen LogP contribution in [0.25, 0.3) is 0 Å². The SMILES string of the molecule is C/C=C(\CC(CC(=O)c1ccccc1)c1ccc(Cl)cc1)C(C)(C)C. The molecule has 0 aliphatic carbocycles. The van der Waals surface area contributed by atoms with Gasteiger partial charge in [0, 0.05) is 17.0 Å². The highest BCUT2D eigenvalue weighted by molar-refractivity contribution is 6.30. The number of Topliss-reactive ketones (excluding diaryl/α,β-unsaturated/α-hetero) is 1. The Balaban J connectivity index is 2.29. The third kappa shape index (κ3) is 5.57. The summed E-state index contributed by atoms with van der Waals surface area (Å²) in [6.45, 7) is 8.75. The van der Waals surface area contributed by atoms with E-state index in [0.717, 1.165) is 22.6 Å². The number of hydrogen-bond acceptors (Lipinski definition) is 1. The maximum Gasteiger partial charge on any atom is 0.163 e. The second-order valence-corrected chi connectivity index (χ2v) is 7.95. The summed E-state index contributed by atoms with van der Waals surface area (Å²) in [7, 11) is 0. The molecule has 1 nitrogen and oxygen atoms in total. The number of carbonyl (C=O) groups excluding carboxylic acids is 1. The molecule has 0 fully saturated rings. The zero-order chi connectivity index (χ0) is 18.4. The summed E-state index contributed by atoms with van der Waals surface area (Å²) in [5.41, 5.74) is 3.40. The second kappa shape index (κ2) is 8.49. The van der Waals surface area contributed by atoms with E-state index in [4.69, 9.17) is 11.6 Å². The molecule has 2 rings (SSSR count). The lowest BCUT2D eigenvalue weighted by Crippen LogP contribution is -2.15. The van der Waals surface area contributed by atoms with Gasteiger partial charge in [-0.2, -0.15) is 0 Å². The predicted octanol–water partition coefficient (Wildman–Crippen LogP) is 7.08. The molecule has 0 aliphatic heterocycles. The van der Waals surface area contributed by atoms with Crippen LogP contribution >= 0.6 is 11.6 Å². The van der Waals surface area contributed by atoms with E-state index in [0.29, 0.717) is 6.42 Å². The van der Waals surface area contributed by atoms with Crippen LogP contribution in [0.2, 0.25) is 5.02 Å². The van der Waals surface area contributed by atoms with Crippen LogP contribution in [0.5, 0.6) is 0 Å². The number of ketones is 1. The summed E-state index contributed by atoms with van der Waals surface area (Å²) in [4.78, 5) is 12.8. The molecule has 0 radical (unpaired) electrons. The molecule has 2 aromatic carbocycles. The summed E-state index contributed by atoms with van der Waals surface area (Å²) in [6.07, 6.45) is 3.56. The minimum atomic E-state index is 0.0925. The number of benzene rings is 2. The molecule has 0 aliphatic rings. The monoisotopic (exact) mass is 354 g/mol. The van der Waals surface area contributed by atoms with Crippen molar-refractivity contribution in [3.05, 3.63) is 82.4 Å². The van der Waals surface area contributed by atoms with E-state index in [1.54, 1.807) is 0 Å². The van der Waals surface area contributed by atoms with E-state index in [2.05, 4.69) is 33.8 Å². The highest BCUT2D eigenvalue weighted by atomic mass is 35.5. The molecule has 1 unspecified atom stereocenters. The number of carbonyl (C=O) groups is 1. The fraction of sp³-hybridized carbons (Fsp3) is 0.348. The van der Waals surface area contributed by atoms with Crippen molar-refractivity contribution in [1.82, 2.24) is 0 Å². The van der Waals surface area contributed by atoms with Gasteiger partial charge in [0.05, 0.1) is 0 Å². The zero-order valence-electron chi connectivity index (χ0n) is 15.6. The van der Waals surface area contributed by atoms with Crippen molar-refractivity contribution in [3.8, 4) is 0 Å². The van der Waals surface area contributed by atoms with Crippen LogP contribution in [0, 0.1) is 5.41 Å². The summed E-state index contributed by atoms with van der Waals surface area (Å²) < 4.78 is 0. The molecule has 0 saturated heterocycles. The first-order valence-corrected chi connectivity index (χ1v) is 9.18. The molecular weight excluding hydrogens is 328 g/mol. The van der Waals surface area contributed by atoms with Crippen molar-refractivity contribution >= 4 is 17.4 Å². The molecule has 0 bridgehead atoms. The van der Waals surface area contributed by atoms with Gasteiger partial charge in [-0.15, -0.1) is 0 Å². The van der Waals surface area contributed by atoms with Crippen molar-refractivity contribution < 1.29 is 4.79 Å². The standard InChI is InChI=1S/C23H27ClO/c1-5-20(23(2,3)4)15-19(17-11-13-21(24)14-12-17)16-22(25)18-9-7-6-8-10-18/h5-14,19H,15-16H2,1-4H3/b20-5+.